The van der Waals surface area contributed by atoms with E-state index in [9.17, 15) is 5.11 Å². The van der Waals surface area contributed by atoms with Gasteiger partial charge in [-0.2, -0.15) is 0 Å². The Bertz CT molecular complexity index is 742. The monoisotopic (exact) mass is 273 g/mol. The predicted molar refractivity (Wildman–Crippen MR) is 76.6 cm³/mol. The minimum Gasteiger partial charge on any atom is -0.458 e. The summed E-state index contributed by atoms with van der Waals surface area (Å²) in [5.74, 6) is 0.580. The summed E-state index contributed by atoms with van der Waals surface area (Å²) in [6.45, 7) is 5.86. The lowest BCUT2D eigenvalue weighted by molar-refractivity contribution is 0.195. The maximum Gasteiger partial charge on any atom is 0.148 e. The van der Waals surface area contributed by atoms with Crippen LogP contribution in [0.15, 0.2) is 28.7 Å². The number of nitrogens with zero attached hydrogens (tertiary/aromatic N) is 1. The average Bonchev–Trinajstić information content (AvgIpc) is 2.93. The molecule has 2 heterocycles. The van der Waals surface area contributed by atoms with Crippen molar-refractivity contribution in [1.29, 1.82) is 0 Å². The second-order valence-corrected chi connectivity index (χ2v) is 5.96. The Labute approximate surface area is 115 Å². The Balaban J connectivity index is 2.09. The van der Waals surface area contributed by atoms with Crippen LogP contribution in [0.25, 0.3) is 11.0 Å². The first-order chi connectivity index (χ1) is 9.06. The lowest BCUT2D eigenvalue weighted by Gasteiger charge is -2.05. The molecular weight excluding hydrogens is 258 g/mol. The molecule has 0 spiro atoms. The summed E-state index contributed by atoms with van der Waals surface area (Å²) >= 11 is 1.51. The maximum atomic E-state index is 10.5. The molecule has 0 bridgehead atoms. The Morgan fingerprint density at radius 2 is 2.05 bits per heavy atom. The molecule has 0 saturated carbocycles. The van der Waals surface area contributed by atoms with Gasteiger partial charge in [0.05, 0.1) is 15.6 Å². The topological polar surface area (TPSA) is 46.3 Å². The third-order valence-corrected chi connectivity index (χ3v) is 4.34. The highest BCUT2D eigenvalue weighted by Gasteiger charge is 2.20. The van der Waals surface area contributed by atoms with E-state index < -0.39 is 6.10 Å². The van der Waals surface area contributed by atoms with Crippen LogP contribution in [-0.4, -0.2) is 10.1 Å². The molecule has 1 aromatic carbocycles. The minimum atomic E-state index is -0.738. The van der Waals surface area contributed by atoms with E-state index in [1.807, 2.05) is 45.0 Å². The van der Waals surface area contributed by atoms with E-state index >= 15 is 0 Å². The number of furan rings is 1. The Morgan fingerprint density at radius 1 is 1.26 bits per heavy atom. The number of aromatic nitrogens is 1. The van der Waals surface area contributed by atoms with Crippen molar-refractivity contribution in [2.75, 3.05) is 0 Å². The van der Waals surface area contributed by atoms with Crippen LogP contribution in [0.5, 0.6) is 0 Å². The highest BCUT2D eigenvalue weighted by Crippen LogP contribution is 2.33. The fraction of sp³-hybridized carbons (Fsp3) is 0.267. The molecule has 0 radical (unpaired) electrons. The SMILES string of the molecule is Cc1nc(C)c(C(O)c2cc3cccc(C)c3o2)s1. The van der Waals surface area contributed by atoms with Gasteiger partial charge in [0.15, 0.2) is 0 Å². The highest BCUT2D eigenvalue weighted by atomic mass is 32.1. The highest BCUT2D eigenvalue weighted by molar-refractivity contribution is 7.11. The van der Waals surface area contributed by atoms with Gasteiger partial charge in [0.25, 0.3) is 0 Å². The normalized spacial score (nSPS) is 13.1. The third kappa shape index (κ3) is 2.07. The number of aryl methyl sites for hydroxylation is 3. The summed E-state index contributed by atoms with van der Waals surface area (Å²) in [4.78, 5) is 5.20. The zero-order chi connectivity index (χ0) is 13.6. The van der Waals surface area contributed by atoms with E-state index in [-0.39, 0.29) is 0 Å². The van der Waals surface area contributed by atoms with Crippen molar-refractivity contribution in [1.82, 2.24) is 4.98 Å². The maximum absolute atomic E-state index is 10.5. The number of aliphatic hydroxyl groups excluding tert-OH is 1. The van der Waals surface area contributed by atoms with Gasteiger partial charge >= 0.3 is 0 Å². The lowest BCUT2D eigenvalue weighted by atomic mass is 10.1. The van der Waals surface area contributed by atoms with E-state index in [1.54, 1.807) is 0 Å². The van der Waals surface area contributed by atoms with Gasteiger partial charge in [0.1, 0.15) is 17.4 Å². The minimum absolute atomic E-state index is 0.580. The second-order valence-electron chi connectivity index (χ2n) is 4.73. The molecule has 3 aromatic rings. The summed E-state index contributed by atoms with van der Waals surface area (Å²) in [5.41, 5.74) is 2.79. The number of hydrogen-bond donors (Lipinski definition) is 1. The molecule has 3 nitrogen and oxygen atoms in total. The number of fused-ring (bicyclic) bond motifs is 1. The van der Waals surface area contributed by atoms with Crippen LogP contribution in [0.4, 0.5) is 0 Å². The van der Waals surface area contributed by atoms with E-state index in [0.29, 0.717) is 5.76 Å². The molecule has 0 aliphatic carbocycles. The van der Waals surface area contributed by atoms with E-state index in [1.165, 1.54) is 11.3 Å². The van der Waals surface area contributed by atoms with Gasteiger partial charge in [-0.3, -0.25) is 0 Å². The molecule has 0 saturated heterocycles. The molecule has 1 N–H and O–H groups in total. The average molecular weight is 273 g/mol. The van der Waals surface area contributed by atoms with Crippen LogP contribution in [0.3, 0.4) is 0 Å². The van der Waals surface area contributed by atoms with Crippen LogP contribution in [0.2, 0.25) is 0 Å². The molecule has 98 valence electrons. The van der Waals surface area contributed by atoms with Crippen molar-refractivity contribution in [2.45, 2.75) is 26.9 Å². The van der Waals surface area contributed by atoms with E-state index in [0.717, 1.165) is 32.1 Å². The standard InChI is InChI=1S/C15H15NO2S/c1-8-5-4-6-11-7-12(18-14(8)11)13(17)15-9(2)16-10(3)19-15/h4-7,13,17H,1-3H3. The molecule has 1 atom stereocenters. The summed E-state index contributed by atoms with van der Waals surface area (Å²) in [6.07, 6.45) is -0.738. The quantitative estimate of drug-likeness (QED) is 0.770. The molecule has 1 unspecified atom stereocenters. The number of benzene rings is 1. The third-order valence-electron chi connectivity index (χ3n) is 3.22. The van der Waals surface area contributed by atoms with Crippen LogP contribution >= 0.6 is 11.3 Å². The van der Waals surface area contributed by atoms with Crippen molar-refractivity contribution >= 4 is 22.3 Å². The summed E-state index contributed by atoms with van der Waals surface area (Å²) in [7, 11) is 0. The number of thiazole rings is 1. The van der Waals surface area contributed by atoms with Crippen molar-refractivity contribution < 1.29 is 9.52 Å². The van der Waals surface area contributed by atoms with Crippen LogP contribution in [0, 0.1) is 20.8 Å². The van der Waals surface area contributed by atoms with Gasteiger partial charge in [-0.05, 0) is 32.4 Å². The molecule has 19 heavy (non-hydrogen) atoms. The van der Waals surface area contributed by atoms with Crippen molar-refractivity contribution in [3.63, 3.8) is 0 Å². The molecule has 0 amide bonds. The number of para-hydroxylation sites is 1. The second kappa shape index (κ2) is 4.47. The van der Waals surface area contributed by atoms with Gasteiger partial charge in [0.2, 0.25) is 0 Å². The van der Waals surface area contributed by atoms with Gasteiger partial charge in [-0.1, -0.05) is 18.2 Å². The van der Waals surface area contributed by atoms with Gasteiger partial charge in [-0.15, -0.1) is 11.3 Å². The van der Waals surface area contributed by atoms with Crippen LogP contribution in [0.1, 0.15) is 33.0 Å². The zero-order valence-electron chi connectivity index (χ0n) is 11.1. The number of hydrogen-bond acceptors (Lipinski definition) is 4. The first kappa shape index (κ1) is 12.4. The summed E-state index contributed by atoms with van der Waals surface area (Å²) in [6, 6.07) is 7.89. The van der Waals surface area contributed by atoms with Crippen LogP contribution in [-0.2, 0) is 0 Å². The number of rotatable bonds is 2. The molecule has 0 fully saturated rings. The smallest absolute Gasteiger partial charge is 0.148 e. The first-order valence-corrected chi connectivity index (χ1v) is 6.99. The zero-order valence-corrected chi connectivity index (χ0v) is 11.9. The largest absolute Gasteiger partial charge is 0.458 e. The van der Waals surface area contributed by atoms with Gasteiger partial charge < -0.3 is 9.52 Å². The summed E-state index contributed by atoms with van der Waals surface area (Å²) in [5, 5.41) is 12.4. The molecular formula is C15H15NO2S. The number of aliphatic hydroxyl groups is 1. The first-order valence-electron chi connectivity index (χ1n) is 6.17. The fourth-order valence-electron chi connectivity index (χ4n) is 2.29. The lowest BCUT2D eigenvalue weighted by Crippen LogP contribution is -1.97. The van der Waals surface area contributed by atoms with E-state index in [4.69, 9.17) is 4.42 Å². The molecule has 0 aliphatic heterocycles. The Hall–Kier alpha value is -1.65. The molecule has 4 heteroatoms. The predicted octanol–water partition coefficient (Wildman–Crippen LogP) is 3.90. The Kier molecular flexibility index (Phi) is 2.92. The van der Waals surface area contributed by atoms with Gasteiger partial charge in [-0.25, -0.2) is 4.98 Å². The van der Waals surface area contributed by atoms with Crippen molar-refractivity contribution in [3.05, 3.63) is 51.2 Å². The van der Waals surface area contributed by atoms with Gasteiger partial charge in [0, 0.05) is 5.39 Å². The van der Waals surface area contributed by atoms with Crippen molar-refractivity contribution in [2.24, 2.45) is 0 Å². The van der Waals surface area contributed by atoms with Crippen molar-refractivity contribution in [3.8, 4) is 0 Å². The molecule has 0 aliphatic rings. The summed E-state index contributed by atoms with van der Waals surface area (Å²) < 4.78 is 5.81. The molecule has 3 rings (SSSR count). The van der Waals surface area contributed by atoms with E-state index in [2.05, 4.69) is 4.98 Å². The van der Waals surface area contributed by atoms with Crippen LogP contribution < -0.4 is 0 Å². The Morgan fingerprint density at radius 3 is 2.68 bits per heavy atom. The fourth-order valence-corrected chi connectivity index (χ4v) is 3.22. The molecule has 2 aromatic heterocycles.